The molecule has 4 rings (SSSR count). The number of para-hydroxylation sites is 1. The average molecular weight is 380 g/mol. The zero-order valence-corrected chi connectivity index (χ0v) is 14.3. The van der Waals surface area contributed by atoms with Crippen molar-refractivity contribution < 1.29 is 4.79 Å². The first-order valence-corrected chi connectivity index (χ1v) is 8.38. The van der Waals surface area contributed by atoms with Gasteiger partial charge in [-0.05, 0) is 46.3 Å². The fourth-order valence-corrected chi connectivity index (χ4v) is 3.35. The predicted molar refractivity (Wildman–Crippen MR) is 98.0 cm³/mol. The zero-order valence-electron chi connectivity index (χ0n) is 12.7. The van der Waals surface area contributed by atoms with E-state index in [1.807, 2.05) is 60.7 Å². The summed E-state index contributed by atoms with van der Waals surface area (Å²) in [6.07, 6.45) is 3.13. The molecule has 5 heteroatoms. The number of nitrogens with zero attached hydrogens (tertiary/aromatic N) is 2. The molecule has 1 aliphatic heterocycles. The lowest BCUT2D eigenvalue weighted by Gasteiger charge is -2.27. The Balaban J connectivity index is 1.81. The van der Waals surface area contributed by atoms with Gasteiger partial charge in [0, 0.05) is 21.8 Å². The number of carbonyl (C=O) groups is 1. The number of nitrogens with one attached hydrogen (secondary N) is 1. The SMILES string of the molecule is O=C1c2ccccc2[C@H](Nc2ccccc2Br)N1c1cccnc1. The first-order chi connectivity index (χ1) is 11.8. The van der Waals surface area contributed by atoms with Crippen LogP contribution in [0.15, 0.2) is 77.5 Å². The molecule has 0 bridgehead atoms. The second-order valence-corrected chi connectivity index (χ2v) is 6.35. The highest BCUT2D eigenvalue weighted by atomic mass is 79.9. The molecule has 1 N–H and O–H groups in total. The largest absolute Gasteiger partial charge is 0.360 e. The van der Waals surface area contributed by atoms with Crippen LogP contribution in [0.2, 0.25) is 0 Å². The lowest BCUT2D eigenvalue weighted by atomic mass is 10.1. The third kappa shape index (κ3) is 2.47. The third-order valence-corrected chi connectivity index (χ3v) is 4.74. The molecule has 0 unspecified atom stereocenters. The van der Waals surface area contributed by atoms with Crippen LogP contribution in [-0.2, 0) is 0 Å². The van der Waals surface area contributed by atoms with E-state index in [9.17, 15) is 4.79 Å². The Bertz CT molecular complexity index is 898. The average Bonchev–Trinajstić information content (AvgIpc) is 2.90. The van der Waals surface area contributed by atoms with Gasteiger partial charge >= 0.3 is 0 Å². The topological polar surface area (TPSA) is 45.2 Å². The van der Waals surface area contributed by atoms with Crippen LogP contribution < -0.4 is 10.2 Å². The van der Waals surface area contributed by atoms with Crippen molar-refractivity contribution in [2.45, 2.75) is 6.17 Å². The van der Waals surface area contributed by atoms with Crippen molar-refractivity contribution in [3.05, 3.63) is 88.7 Å². The molecule has 2 heterocycles. The molecular formula is C19H14BrN3O. The van der Waals surface area contributed by atoms with Gasteiger partial charge in [-0.2, -0.15) is 0 Å². The van der Waals surface area contributed by atoms with Crippen molar-refractivity contribution in [2.75, 3.05) is 10.2 Å². The van der Waals surface area contributed by atoms with Crippen LogP contribution in [-0.4, -0.2) is 10.9 Å². The van der Waals surface area contributed by atoms with E-state index < -0.39 is 0 Å². The number of pyridine rings is 1. The van der Waals surface area contributed by atoms with Crippen LogP contribution in [0.4, 0.5) is 11.4 Å². The number of benzene rings is 2. The molecule has 0 spiro atoms. The maximum atomic E-state index is 12.9. The lowest BCUT2D eigenvalue weighted by Crippen LogP contribution is -2.32. The molecule has 0 saturated carbocycles. The summed E-state index contributed by atoms with van der Waals surface area (Å²) in [5.74, 6) is -0.0249. The molecule has 0 fully saturated rings. The lowest BCUT2D eigenvalue weighted by molar-refractivity contribution is 0.0993. The van der Waals surface area contributed by atoms with Crippen LogP contribution in [0.25, 0.3) is 0 Å². The van der Waals surface area contributed by atoms with E-state index in [1.165, 1.54) is 0 Å². The first-order valence-electron chi connectivity index (χ1n) is 7.59. The number of anilines is 2. The number of fused-ring (bicyclic) bond motifs is 1. The number of hydrogen-bond donors (Lipinski definition) is 1. The number of halogens is 1. The van der Waals surface area contributed by atoms with E-state index in [0.29, 0.717) is 5.56 Å². The minimum absolute atomic E-state index is 0.0249. The minimum atomic E-state index is -0.281. The highest BCUT2D eigenvalue weighted by molar-refractivity contribution is 9.10. The molecule has 118 valence electrons. The highest BCUT2D eigenvalue weighted by Gasteiger charge is 2.37. The molecule has 1 aromatic heterocycles. The molecule has 0 aliphatic carbocycles. The standard InChI is InChI=1S/C19H14BrN3O/c20-16-9-3-4-10-17(16)22-18-14-7-1-2-8-15(14)19(24)23(18)13-6-5-11-21-12-13/h1-12,18,22H/t18-/m1/s1. The summed E-state index contributed by atoms with van der Waals surface area (Å²) in [6, 6.07) is 19.3. The molecule has 1 amide bonds. The minimum Gasteiger partial charge on any atom is -0.360 e. The summed E-state index contributed by atoms with van der Waals surface area (Å²) in [4.78, 5) is 18.8. The van der Waals surface area contributed by atoms with E-state index in [2.05, 4.69) is 26.2 Å². The van der Waals surface area contributed by atoms with E-state index in [-0.39, 0.29) is 12.1 Å². The molecular weight excluding hydrogens is 366 g/mol. The molecule has 1 aliphatic rings. The van der Waals surface area contributed by atoms with Gasteiger partial charge in [0.25, 0.3) is 5.91 Å². The van der Waals surface area contributed by atoms with E-state index >= 15 is 0 Å². The van der Waals surface area contributed by atoms with Crippen molar-refractivity contribution in [3.63, 3.8) is 0 Å². The summed E-state index contributed by atoms with van der Waals surface area (Å²) in [5.41, 5.74) is 3.37. The smallest absolute Gasteiger partial charge is 0.260 e. The Kier molecular flexibility index (Phi) is 3.78. The molecule has 3 aromatic rings. The van der Waals surface area contributed by atoms with E-state index in [1.54, 1.807) is 17.3 Å². The van der Waals surface area contributed by atoms with Gasteiger partial charge in [-0.15, -0.1) is 0 Å². The maximum absolute atomic E-state index is 12.9. The summed E-state index contributed by atoms with van der Waals surface area (Å²) in [5, 5.41) is 3.47. The maximum Gasteiger partial charge on any atom is 0.260 e. The fourth-order valence-electron chi connectivity index (χ4n) is 2.95. The normalized spacial score (nSPS) is 16.1. The Morgan fingerprint density at radius 1 is 1.00 bits per heavy atom. The number of aromatic nitrogens is 1. The van der Waals surface area contributed by atoms with Crippen LogP contribution in [0, 0.1) is 0 Å². The van der Waals surface area contributed by atoms with E-state index in [0.717, 1.165) is 21.4 Å². The first kappa shape index (κ1) is 14.9. The van der Waals surface area contributed by atoms with Gasteiger partial charge in [0.1, 0.15) is 6.17 Å². The molecule has 24 heavy (non-hydrogen) atoms. The van der Waals surface area contributed by atoms with Crippen molar-refractivity contribution >= 4 is 33.2 Å². The molecule has 1 atom stereocenters. The summed E-state index contributed by atoms with van der Waals surface area (Å²) in [6.45, 7) is 0. The third-order valence-electron chi connectivity index (χ3n) is 4.05. The van der Waals surface area contributed by atoms with Gasteiger partial charge in [0.2, 0.25) is 0 Å². The molecule has 4 nitrogen and oxygen atoms in total. The van der Waals surface area contributed by atoms with Crippen molar-refractivity contribution in [3.8, 4) is 0 Å². The van der Waals surface area contributed by atoms with Gasteiger partial charge in [0.15, 0.2) is 0 Å². The van der Waals surface area contributed by atoms with Crippen molar-refractivity contribution in [2.24, 2.45) is 0 Å². The van der Waals surface area contributed by atoms with Crippen LogP contribution >= 0.6 is 15.9 Å². The second kappa shape index (κ2) is 6.09. The van der Waals surface area contributed by atoms with Crippen LogP contribution in [0.5, 0.6) is 0 Å². The molecule has 0 saturated heterocycles. The number of amides is 1. The van der Waals surface area contributed by atoms with Gasteiger partial charge in [0.05, 0.1) is 17.6 Å². The highest BCUT2D eigenvalue weighted by Crippen LogP contribution is 2.38. The Morgan fingerprint density at radius 3 is 2.58 bits per heavy atom. The van der Waals surface area contributed by atoms with Crippen LogP contribution in [0.1, 0.15) is 22.1 Å². The van der Waals surface area contributed by atoms with Crippen LogP contribution in [0.3, 0.4) is 0 Å². The number of carbonyl (C=O) groups excluding carboxylic acids is 1. The van der Waals surface area contributed by atoms with Gasteiger partial charge in [-0.25, -0.2) is 0 Å². The second-order valence-electron chi connectivity index (χ2n) is 5.50. The monoisotopic (exact) mass is 379 g/mol. The Morgan fingerprint density at radius 2 is 1.79 bits per heavy atom. The molecule has 0 radical (unpaired) electrons. The summed E-state index contributed by atoms with van der Waals surface area (Å²) >= 11 is 3.56. The predicted octanol–water partition coefficient (Wildman–Crippen LogP) is 4.62. The van der Waals surface area contributed by atoms with E-state index in [4.69, 9.17) is 0 Å². The summed E-state index contributed by atoms with van der Waals surface area (Å²) < 4.78 is 0.952. The quantitative estimate of drug-likeness (QED) is 0.722. The zero-order chi connectivity index (χ0) is 16.5. The number of rotatable bonds is 3. The number of hydrogen-bond acceptors (Lipinski definition) is 3. The van der Waals surface area contributed by atoms with Crippen molar-refractivity contribution in [1.29, 1.82) is 0 Å². The van der Waals surface area contributed by atoms with Gasteiger partial charge in [-0.3, -0.25) is 14.7 Å². The molecule has 2 aromatic carbocycles. The van der Waals surface area contributed by atoms with Gasteiger partial charge < -0.3 is 5.32 Å². The van der Waals surface area contributed by atoms with Crippen molar-refractivity contribution in [1.82, 2.24) is 4.98 Å². The van der Waals surface area contributed by atoms with Gasteiger partial charge in [-0.1, -0.05) is 30.3 Å². The summed E-state index contributed by atoms with van der Waals surface area (Å²) in [7, 11) is 0. The Labute approximate surface area is 148 Å². The fraction of sp³-hybridized carbons (Fsp3) is 0.0526. The Hall–Kier alpha value is -2.66.